The van der Waals surface area contributed by atoms with Crippen LogP contribution in [0.5, 0.6) is 0 Å². The second-order valence-electron chi connectivity index (χ2n) is 6.70. The Hall–Kier alpha value is -2.91. The maximum Gasteiger partial charge on any atom is 0.134 e. The quantitative estimate of drug-likeness (QED) is 0.444. The molecule has 0 bridgehead atoms. The average molecular weight is 374 g/mol. The van der Waals surface area contributed by atoms with Crippen molar-refractivity contribution in [3.8, 4) is 0 Å². The lowest BCUT2D eigenvalue weighted by Crippen LogP contribution is -2.02. The van der Waals surface area contributed by atoms with E-state index in [1.165, 1.54) is 16.7 Å². The molecular weight excluding hydrogens is 354 g/mol. The molecule has 0 amide bonds. The van der Waals surface area contributed by atoms with Crippen LogP contribution in [0.25, 0.3) is 23.2 Å². The van der Waals surface area contributed by atoms with Crippen molar-refractivity contribution in [3.63, 3.8) is 0 Å². The standard InChI is InChI=1S/C23H20ClN3/c1-16-13-21-22(14-17(16)2)27(15-18-6-8-19(24)9-7-18)23(26-21)11-10-20-5-3-4-12-25-20/h3-14H,15H2,1-2H3/b11-10+. The zero-order chi connectivity index (χ0) is 18.8. The van der Waals surface area contributed by atoms with Crippen LogP contribution in [0.2, 0.25) is 5.02 Å². The molecule has 0 aliphatic heterocycles. The van der Waals surface area contributed by atoms with E-state index in [9.17, 15) is 0 Å². The van der Waals surface area contributed by atoms with Gasteiger partial charge in [0.2, 0.25) is 0 Å². The predicted octanol–water partition coefficient (Wildman–Crippen LogP) is 5.92. The highest BCUT2D eigenvalue weighted by atomic mass is 35.5. The number of imidazole rings is 1. The van der Waals surface area contributed by atoms with Crippen LogP contribution in [0.1, 0.15) is 28.2 Å². The molecule has 3 nitrogen and oxygen atoms in total. The molecule has 0 saturated carbocycles. The van der Waals surface area contributed by atoms with Gasteiger partial charge in [-0.3, -0.25) is 4.98 Å². The molecule has 0 saturated heterocycles. The van der Waals surface area contributed by atoms with Crippen LogP contribution in [0.15, 0.2) is 60.8 Å². The van der Waals surface area contributed by atoms with E-state index in [0.29, 0.717) is 0 Å². The summed E-state index contributed by atoms with van der Waals surface area (Å²) in [6, 6.07) is 18.2. The second-order valence-corrected chi connectivity index (χ2v) is 7.13. The fourth-order valence-electron chi connectivity index (χ4n) is 3.10. The molecule has 0 aliphatic rings. The molecule has 134 valence electrons. The Morgan fingerprint density at radius 2 is 1.74 bits per heavy atom. The first-order chi connectivity index (χ1) is 13.1. The zero-order valence-corrected chi connectivity index (χ0v) is 16.1. The minimum Gasteiger partial charge on any atom is -0.320 e. The molecule has 0 radical (unpaired) electrons. The highest BCUT2D eigenvalue weighted by molar-refractivity contribution is 6.30. The van der Waals surface area contributed by atoms with Crippen LogP contribution >= 0.6 is 11.6 Å². The molecule has 4 rings (SSSR count). The molecule has 2 heterocycles. The van der Waals surface area contributed by atoms with Crippen molar-refractivity contribution in [2.75, 3.05) is 0 Å². The van der Waals surface area contributed by atoms with Gasteiger partial charge in [-0.25, -0.2) is 4.98 Å². The summed E-state index contributed by atoms with van der Waals surface area (Å²) < 4.78 is 2.24. The number of halogens is 1. The molecule has 27 heavy (non-hydrogen) atoms. The van der Waals surface area contributed by atoms with Crippen LogP contribution in [0.3, 0.4) is 0 Å². The molecular formula is C23H20ClN3. The molecule has 0 aliphatic carbocycles. The Morgan fingerprint density at radius 3 is 2.48 bits per heavy atom. The Labute approximate surface area is 164 Å². The largest absolute Gasteiger partial charge is 0.320 e. The lowest BCUT2D eigenvalue weighted by atomic mass is 10.1. The number of nitrogens with zero attached hydrogens (tertiary/aromatic N) is 3. The maximum absolute atomic E-state index is 6.04. The average Bonchev–Trinajstić information content (AvgIpc) is 2.99. The molecule has 0 unspecified atom stereocenters. The van der Waals surface area contributed by atoms with E-state index in [-0.39, 0.29) is 0 Å². The summed E-state index contributed by atoms with van der Waals surface area (Å²) in [5.74, 6) is 0.913. The van der Waals surface area contributed by atoms with E-state index < -0.39 is 0 Å². The van der Waals surface area contributed by atoms with E-state index in [1.54, 1.807) is 6.20 Å². The molecule has 4 heteroatoms. The Kier molecular flexibility index (Phi) is 4.78. The van der Waals surface area contributed by atoms with Gasteiger partial charge in [-0.05, 0) is 79.1 Å². The van der Waals surface area contributed by atoms with E-state index in [4.69, 9.17) is 16.6 Å². The SMILES string of the molecule is Cc1cc2nc(/C=C/c3ccccn3)n(Cc3ccc(Cl)cc3)c2cc1C. The van der Waals surface area contributed by atoms with Crippen LogP contribution in [-0.2, 0) is 6.54 Å². The number of aryl methyl sites for hydroxylation is 2. The summed E-state index contributed by atoms with van der Waals surface area (Å²) in [6.07, 6.45) is 5.82. The number of rotatable bonds is 4. The van der Waals surface area contributed by atoms with Gasteiger partial charge in [0.15, 0.2) is 0 Å². The Bertz CT molecular complexity index is 1110. The van der Waals surface area contributed by atoms with Crippen molar-refractivity contribution in [2.24, 2.45) is 0 Å². The first-order valence-corrected chi connectivity index (χ1v) is 9.29. The lowest BCUT2D eigenvalue weighted by Gasteiger charge is -2.09. The minimum absolute atomic E-state index is 0.734. The van der Waals surface area contributed by atoms with Gasteiger partial charge in [-0.2, -0.15) is 0 Å². The topological polar surface area (TPSA) is 30.7 Å². The Morgan fingerprint density at radius 1 is 0.963 bits per heavy atom. The van der Waals surface area contributed by atoms with Gasteiger partial charge in [0.1, 0.15) is 5.82 Å². The summed E-state index contributed by atoms with van der Waals surface area (Å²) in [5.41, 5.74) is 6.75. The highest BCUT2D eigenvalue weighted by Crippen LogP contribution is 2.23. The van der Waals surface area contributed by atoms with Crippen molar-refractivity contribution >= 4 is 34.8 Å². The van der Waals surface area contributed by atoms with Gasteiger partial charge in [0, 0.05) is 17.8 Å². The van der Waals surface area contributed by atoms with E-state index in [1.807, 2.05) is 42.5 Å². The third-order valence-corrected chi connectivity index (χ3v) is 4.99. The van der Waals surface area contributed by atoms with E-state index in [2.05, 4.69) is 47.7 Å². The van der Waals surface area contributed by atoms with Crippen molar-refractivity contribution < 1.29 is 0 Å². The molecule has 0 atom stereocenters. The fourth-order valence-corrected chi connectivity index (χ4v) is 3.22. The van der Waals surface area contributed by atoms with Crippen molar-refractivity contribution in [2.45, 2.75) is 20.4 Å². The van der Waals surface area contributed by atoms with Gasteiger partial charge < -0.3 is 4.57 Å². The smallest absolute Gasteiger partial charge is 0.134 e. The number of fused-ring (bicyclic) bond motifs is 1. The monoisotopic (exact) mass is 373 g/mol. The number of hydrogen-bond donors (Lipinski definition) is 0. The molecule has 0 spiro atoms. The Balaban J connectivity index is 1.81. The summed E-state index contributed by atoms with van der Waals surface area (Å²) in [7, 11) is 0. The molecule has 0 N–H and O–H groups in total. The number of benzene rings is 2. The van der Waals surface area contributed by atoms with Gasteiger partial charge in [-0.1, -0.05) is 29.8 Å². The van der Waals surface area contributed by atoms with Crippen molar-refractivity contribution in [1.29, 1.82) is 0 Å². The maximum atomic E-state index is 6.04. The van der Waals surface area contributed by atoms with E-state index >= 15 is 0 Å². The normalized spacial score (nSPS) is 11.5. The van der Waals surface area contributed by atoms with Crippen LogP contribution in [-0.4, -0.2) is 14.5 Å². The first kappa shape index (κ1) is 17.5. The first-order valence-electron chi connectivity index (χ1n) is 8.91. The van der Waals surface area contributed by atoms with Gasteiger partial charge in [-0.15, -0.1) is 0 Å². The third-order valence-electron chi connectivity index (χ3n) is 4.74. The lowest BCUT2D eigenvalue weighted by molar-refractivity contribution is 0.813. The van der Waals surface area contributed by atoms with Gasteiger partial charge >= 0.3 is 0 Å². The molecule has 2 aromatic heterocycles. The van der Waals surface area contributed by atoms with Crippen LogP contribution < -0.4 is 0 Å². The minimum atomic E-state index is 0.734. The number of aromatic nitrogens is 3. The number of hydrogen-bond acceptors (Lipinski definition) is 2. The summed E-state index contributed by atoms with van der Waals surface area (Å²) >= 11 is 6.04. The van der Waals surface area contributed by atoms with E-state index in [0.717, 1.165) is 34.1 Å². The highest BCUT2D eigenvalue weighted by Gasteiger charge is 2.11. The van der Waals surface area contributed by atoms with Crippen molar-refractivity contribution in [3.05, 3.63) is 94.0 Å². The number of pyridine rings is 1. The summed E-state index contributed by atoms with van der Waals surface area (Å²) in [4.78, 5) is 9.23. The fraction of sp³-hybridized carbons (Fsp3) is 0.130. The molecule has 2 aromatic carbocycles. The summed E-state index contributed by atoms with van der Waals surface area (Å²) in [6.45, 7) is 4.99. The van der Waals surface area contributed by atoms with Gasteiger partial charge in [0.25, 0.3) is 0 Å². The van der Waals surface area contributed by atoms with Crippen LogP contribution in [0.4, 0.5) is 0 Å². The van der Waals surface area contributed by atoms with Gasteiger partial charge in [0.05, 0.1) is 16.7 Å². The molecule has 0 fully saturated rings. The predicted molar refractivity (Wildman–Crippen MR) is 113 cm³/mol. The summed E-state index contributed by atoms with van der Waals surface area (Å²) in [5, 5.41) is 0.746. The van der Waals surface area contributed by atoms with Crippen LogP contribution in [0, 0.1) is 13.8 Å². The zero-order valence-electron chi connectivity index (χ0n) is 15.4. The molecule has 4 aromatic rings. The second kappa shape index (κ2) is 7.37. The third kappa shape index (κ3) is 3.79. The van der Waals surface area contributed by atoms with Crippen molar-refractivity contribution in [1.82, 2.24) is 14.5 Å².